The lowest BCUT2D eigenvalue weighted by atomic mass is 10.1. The molecule has 6 heterocycles. The Morgan fingerprint density at radius 1 is 0.694 bits per heavy atom. The molecule has 25 heteroatoms. The van der Waals surface area contributed by atoms with Gasteiger partial charge in [-0.3, -0.25) is 19.0 Å². The Morgan fingerprint density at radius 2 is 1.10 bits per heavy atom. The van der Waals surface area contributed by atoms with E-state index >= 15 is 0 Å². The first-order valence-corrected chi connectivity index (χ1v) is 19.9. The molecule has 0 spiro atoms. The first kappa shape index (κ1) is 48.1. The number of hydrogen-bond acceptors (Lipinski definition) is 11. The summed E-state index contributed by atoms with van der Waals surface area (Å²) in [5, 5.41) is 11.3. The van der Waals surface area contributed by atoms with Crippen molar-refractivity contribution in [3.8, 4) is 45.3 Å². The Balaban J connectivity index is 0.000000188. The minimum atomic E-state index is -3.73. The number of nitrogen functional groups attached to an aromatic ring is 1. The molecule has 1 amide bonds. The highest BCUT2D eigenvalue weighted by Crippen LogP contribution is 2.47. The van der Waals surface area contributed by atoms with Gasteiger partial charge in [0, 0.05) is 60.9 Å². The number of fused-ring (bicyclic) bond motifs is 2. The molecule has 3 N–H and O–H groups in total. The Morgan fingerprint density at radius 3 is 1.44 bits per heavy atom. The van der Waals surface area contributed by atoms with E-state index in [9.17, 15) is 27.2 Å². The van der Waals surface area contributed by atoms with Crippen molar-refractivity contribution in [2.45, 2.75) is 26.4 Å². The van der Waals surface area contributed by atoms with E-state index in [4.69, 9.17) is 86.9 Å². The largest absolute Gasteiger partial charge is 0.586 e. The molecule has 0 atom stereocenters. The number of carbonyl (C=O) groups excluding carboxylic acids is 2. The van der Waals surface area contributed by atoms with E-state index in [-0.39, 0.29) is 60.6 Å². The van der Waals surface area contributed by atoms with Crippen LogP contribution in [0.5, 0.6) is 23.0 Å². The van der Waals surface area contributed by atoms with Gasteiger partial charge in [0.2, 0.25) is 0 Å². The maximum absolute atomic E-state index is 13.2. The van der Waals surface area contributed by atoms with E-state index in [1.807, 2.05) is 0 Å². The first-order chi connectivity index (χ1) is 29.0. The van der Waals surface area contributed by atoms with Crippen molar-refractivity contribution in [1.29, 1.82) is 0 Å². The Kier molecular flexibility index (Phi) is 15.2. The topological polar surface area (TPSA) is 171 Å². The van der Waals surface area contributed by atoms with Gasteiger partial charge in [0.15, 0.2) is 23.0 Å². The standard InChI is InChI=1S/C18H12Cl2F2N4O3.C12H7ClF2N2O2.C6H6Cl2N2O.CH2Cl2/c1-8-15(20)16(26(2)25-8)17(27)24-14-4-3-9(7-23-14)10-5-12-13(6-11(10)19)29-18(21,22)28-12;13-8-4-10-9(18-12(14,15)19-10)3-7(8)6-1-2-11(16)17-5-6;1-3-4(7)5(6(8)11)10(2)9-3;2-1-3/h3-7H,1-2H3,(H,23,24,27);1-5H,(H2,16,17);1-2H3;1H2. The number of benzene rings is 2. The maximum Gasteiger partial charge on any atom is 0.586 e. The zero-order valence-electron chi connectivity index (χ0n) is 31.8. The van der Waals surface area contributed by atoms with Crippen molar-refractivity contribution in [3.05, 3.63) is 104 Å². The Hall–Kier alpha value is -4.95. The van der Waals surface area contributed by atoms with Crippen molar-refractivity contribution in [2.75, 3.05) is 16.4 Å². The van der Waals surface area contributed by atoms with E-state index < -0.39 is 23.7 Å². The Labute approximate surface area is 383 Å². The van der Waals surface area contributed by atoms with E-state index in [1.54, 1.807) is 52.2 Å². The number of carbonyl (C=O) groups is 2. The van der Waals surface area contributed by atoms with Crippen molar-refractivity contribution >= 4 is 104 Å². The maximum atomic E-state index is 13.2. The number of rotatable bonds is 5. The third kappa shape index (κ3) is 11.3. The summed E-state index contributed by atoms with van der Waals surface area (Å²) >= 11 is 38.8. The van der Waals surface area contributed by atoms with Gasteiger partial charge in [-0.15, -0.1) is 40.8 Å². The molecule has 4 aromatic heterocycles. The normalized spacial score (nSPS) is 13.5. The summed E-state index contributed by atoms with van der Waals surface area (Å²) in [6, 6.07) is 11.7. The average molecular weight is 1000 g/mol. The van der Waals surface area contributed by atoms with Crippen molar-refractivity contribution < 1.29 is 46.1 Å². The number of amides is 1. The molecule has 0 fully saturated rings. The van der Waals surface area contributed by atoms with Gasteiger partial charge in [-0.05, 0) is 61.8 Å². The second kappa shape index (κ2) is 19.6. The number of alkyl halides is 6. The van der Waals surface area contributed by atoms with Gasteiger partial charge < -0.3 is 30.0 Å². The fraction of sp³-hybridized carbons (Fsp3) is 0.189. The lowest BCUT2D eigenvalue weighted by molar-refractivity contribution is -0.287. The number of anilines is 2. The number of pyridine rings is 2. The highest BCUT2D eigenvalue weighted by Gasteiger charge is 2.45. The van der Waals surface area contributed by atoms with Crippen LogP contribution >= 0.6 is 81.2 Å². The number of nitrogens with zero attached hydrogens (tertiary/aromatic N) is 6. The fourth-order valence-electron chi connectivity index (χ4n) is 5.48. The summed E-state index contributed by atoms with van der Waals surface area (Å²) in [5.74, 6) is -0.300. The SMILES string of the molecule is Cc1nn(C)c(C(=O)Cl)c1Cl.Cc1nn(C)c(C(=O)Nc2ccc(-c3cc4c(cc3Cl)OC(F)(F)O4)cn2)c1Cl.ClCCl.Nc1ccc(-c2cc3c(cc2Cl)OC(F)(F)O3)cn1. The third-order valence-electron chi connectivity index (χ3n) is 8.09. The number of ether oxygens (including phenoxy) is 4. The molecule has 6 aromatic rings. The van der Waals surface area contributed by atoms with Gasteiger partial charge in [-0.25, -0.2) is 9.97 Å². The van der Waals surface area contributed by atoms with E-state index in [0.717, 1.165) is 0 Å². The van der Waals surface area contributed by atoms with Crippen molar-refractivity contribution in [2.24, 2.45) is 14.1 Å². The van der Waals surface area contributed by atoms with Crippen LogP contribution in [0.25, 0.3) is 22.3 Å². The lowest BCUT2D eigenvalue weighted by Gasteiger charge is -2.08. The smallest absolute Gasteiger partial charge is 0.395 e. The number of hydrogen-bond donors (Lipinski definition) is 2. The van der Waals surface area contributed by atoms with Crippen LogP contribution in [0.2, 0.25) is 20.1 Å². The monoisotopic (exact) mass is 1000 g/mol. The van der Waals surface area contributed by atoms with Gasteiger partial charge in [0.25, 0.3) is 11.1 Å². The molecular formula is C37H27Cl7F4N8O6. The predicted molar refractivity (Wildman–Crippen MR) is 227 cm³/mol. The van der Waals surface area contributed by atoms with Crippen LogP contribution in [0.3, 0.4) is 0 Å². The summed E-state index contributed by atoms with van der Waals surface area (Å²) in [6.07, 6.45) is -4.46. The van der Waals surface area contributed by atoms with E-state index in [2.05, 4.69) is 44.4 Å². The minimum absolute atomic E-state index is 0.0683. The molecule has 8 rings (SSSR count). The minimum Gasteiger partial charge on any atom is -0.395 e. The molecule has 14 nitrogen and oxygen atoms in total. The van der Waals surface area contributed by atoms with Crippen LogP contribution in [0.4, 0.5) is 29.2 Å². The summed E-state index contributed by atoms with van der Waals surface area (Å²) in [4.78, 5) is 31.3. The van der Waals surface area contributed by atoms with Crippen molar-refractivity contribution in [3.63, 3.8) is 0 Å². The molecule has 2 aromatic carbocycles. The zero-order chi connectivity index (χ0) is 45.8. The van der Waals surface area contributed by atoms with E-state index in [0.29, 0.717) is 44.5 Å². The molecule has 0 saturated heterocycles. The summed E-state index contributed by atoms with van der Waals surface area (Å²) in [7, 11) is 3.23. The van der Waals surface area contributed by atoms with Gasteiger partial charge in [0.1, 0.15) is 23.0 Å². The molecule has 0 bridgehead atoms. The van der Waals surface area contributed by atoms with Gasteiger partial charge in [-0.2, -0.15) is 10.2 Å². The van der Waals surface area contributed by atoms with Gasteiger partial charge in [0.05, 0.1) is 36.8 Å². The molecule has 0 radical (unpaired) electrons. The zero-order valence-corrected chi connectivity index (χ0v) is 37.1. The molecule has 0 unspecified atom stereocenters. The lowest BCUT2D eigenvalue weighted by Crippen LogP contribution is -2.25. The molecule has 0 aliphatic carbocycles. The number of nitrogens with one attached hydrogen (secondary N) is 1. The molecule has 0 saturated carbocycles. The number of halogens is 11. The molecule has 2 aliphatic rings. The molecule has 62 heavy (non-hydrogen) atoms. The highest BCUT2D eigenvalue weighted by molar-refractivity contribution is 6.68. The second-order valence-corrected chi connectivity index (χ2v) is 15.1. The molecule has 2 aliphatic heterocycles. The summed E-state index contributed by atoms with van der Waals surface area (Å²) in [5.41, 5.74) is 9.17. The van der Waals surface area contributed by atoms with Crippen LogP contribution in [-0.4, -0.2) is 58.6 Å². The van der Waals surface area contributed by atoms with Crippen LogP contribution in [0.15, 0.2) is 60.9 Å². The predicted octanol–water partition coefficient (Wildman–Crippen LogP) is 11.2. The molecule has 328 valence electrons. The number of aromatic nitrogens is 6. The highest BCUT2D eigenvalue weighted by atomic mass is 35.5. The van der Waals surface area contributed by atoms with Crippen LogP contribution in [0, 0.1) is 13.8 Å². The van der Waals surface area contributed by atoms with Crippen LogP contribution in [-0.2, 0) is 14.1 Å². The third-order valence-corrected chi connectivity index (χ3v) is 9.80. The molecular weight excluding hydrogens is 977 g/mol. The van der Waals surface area contributed by atoms with E-state index in [1.165, 1.54) is 46.0 Å². The van der Waals surface area contributed by atoms with Crippen LogP contribution < -0.4 is 30.0 Å². The van der Waals surface area contributed by atoms with Crippen molar-refractivity contribution in [1.82, 2.24) is 29.5 Å². The quantitative estimate of drug-likeness (QED) is 0.0957. The second-order valence-electron chi connectivity index (χ2n) is 12.4. The van der Waals surface area contributed by atoms with Crippen LogP contribution in [0.1, 0.15) is 32.4 Å². The first-order valence-electron chi connectivity index (χ1n) is 16.9. The Bertz CT molecular complexity index is 2640. The fourth-order valence-corrected chi connectivity index (χ4v) is 6.76. The summed E-state index contributed by atoms with van der Waals surface area (Å²) in [6.45, 7) is 3.41. The van der Waals surface area contributed by atoms with Gasteiger partial charge >= 0.3 is 12.6 Å². The number of nitrogens with two attached hydrogens (primary N) is 1. The average Bonchev–Trinajstić information content (AvgIpc) is 3.83. The van der Waals surface area contributed by atoms with Gasteiger partial charge in [-0.1, -0.05) is 46.4 Å². The number of aryl methyl sites for hydroxylation is 4. The summed E-state index contributed by atoms with van der Waals surface area (Å²) < 4.78 is 72.6.